The molecular weight excluding hydrogens is 594 g/mol. The van der Waals surface area contributed by atoms with Crippen molar-refractivity contribution in [3.05, 3.63) is 88.4 Å². The first-order chi connectivity index (χ1) is 19.0. The molecule has 0 bridgehead atoms. The number of amides is 2. The molecule has 0 unspecified atom stereocenters. The zero-order valence-electron chi connectivity index (χ0n) is 23.4. The molecule has 0 aliphatic rings. The van der Waals surface area contributed by atoms with Crippen LogP contribution in [0.1, 0.15) is 38.3 Å². The van der Waals surface area contributed by atoms with Crippen LogP contribution in [0.2, 0.25) is 0 Å². The largest absolute Gasteiger partial charge is 0.497 e. The van der Waals surface area contributed by atoms with Crippen LogP contribution in [-0.4, -0.2) is 50.9 Å². The van der Waals surface area contributed by atoms with Crippen molar-refractivity contribution in [2.75, 3.05) is 18.0 Å². The van der Waals surface area contributed by atoms with Crippen LogP contribution in [-0.2, 0) is 26.2 Å². The maximum atomic E-state index is 14.1. The summed E-state index contributed by atoms with van der Waals surface area (Å²) < 4.78 is 34.8. The molecule has 1 atom stereocenters. The van der Waals surface area contributed by atoms with Gasteiger partial charge in [-0.25, -0.2) is 8.42 Å². The van der Waals surface area contributed by atoms with E-state index < -0.39 is 28.5 Å². The Balaban J connectivity index is 2.06. The third-order valence-electron chi connectivity index (χ3n) is 6.31. The Morgan fingerprint density at radius 1 is 1.00 bits per heavy atom. The summed E-state index contributed by atoms with van der Waals surface area (Å²) in [5, 5.41) is 2.90. The average Bonchev–Trinajstić information content (AvgIpc) is 2.91. The molecule has 0 fully saturated rings. The van der Waals surface area contributed by atoms with E-state index in [-0.39, 0.29) is 23.4 Å². The summed E-state index contributed by atoms with van der Waals surface area (Å²) in [5.74, 6) is -0.136. The van der Waals surface area contributed by atoms with Gasteiger partial charge in [-0.3, -0.25) is 13.9 Å². The highest BCUT2D eigenvalue weighted by Gasteiger charge is 2.34. The van der Waals surface area contributed by atoms with Crippen LogP contribution >= 0.6 is 15.9 Å². The van der Waals surface area contributed by atoms with Crippen LogP contribution in [0.4, 0.5) is 5.69 Å². The topological polar surface area (TPSA) is 96.0 Å². The summed E-state index contributed by atoms with van der Waals surface area (Å²) >= 11 is 3.41. The van der Waals surface area contributed by atoms with E-state index in [1.165, 1.54) is 17.0 Å². The third kappa shape index (κ3) is 7.85. The summed E-state index contributed by atoms with van der Waals surface area (Å²) in [4.78, 5) is 28.8. The monoisotopic (exact) mass is 629 g/mol. The molecule has 0 aromatic heterocycles. The second-order valence-corrected chi connectivity index (χ2v) is 12.5. The summed E-state index contributed by atoms with van der Waals surface area (Å²) in [6.45, 7) is 7.02. The van der Waals surface area contributed by atoms with Gasteiger partial charge in [-0.05, 0) is 75.2 Å². The van der Waals surface area contributed by atoms with E-state index in [4.69, 9.17) is 4.74 Å². The van der Waals surface area contributed by atoms with Crippen molar-refractivity contribution < 1.29 is 22.7 Å². The fourth-order valence-corrected chi connectivity index (χ4v) is 6.02. The van der Waals surface area contributed by atoms with Gasteiger partial charge in [-0.2, -0.15) is 0 Å². The molecule has 0 radical (unpaired) electrons. The number of carbonyl (C=O) groups is 2. The first kappa shape index (κ1) is 31.2. The van der Waals surface area contributed by atoms with E-state index >= 15 is 0 Å². The van der Waals surface area contributed by atoms with E-state index in [0.717, 1.165) is 15.4 Å². The molecule has 2 amide bonds. The number of rotatable bonds is 12. The van der Waals surface area contributed by atoms with Gasteiger partial charge in [0.25, 0.3) is 10.0 Å². The van der Waals surface area contributed by atoms with Crippen molar-refractivity contribution in [2.24, 2.45) is 0 Å². The first-order valence-corrected chi connectivity index (χ1v) is 15.3. The highest BCUT2D eigenvalue weighted by Crippen LogP contribution is 2.27. The molecule has 0 heterocycles. The number of carbonyl (C=O) groups excluding carboxylic acids is 2. The van der Waals surface area contributed by atoms with Crippen molar-refractivity contribution in [3.8, 4) is 5.75 Å². The van der Waals surface area contributed by atoms with Crippen molar-refractivity contribution in [2.45, 2.75) is 57.6 Å². The summed E-state index contributed by atoms with van der Waals surface area (Å²) in [6.07, 6.45) is 0.349. The molecule has 40 heavy (non-hydrogen) atoms. The number of aryl methyl sites for hydroxylation is 1. The lowest BCUT2D eigenvalue weighted by Crippen LogP contribution is -2.53. The Kier molecular flexibility index (Phi) is 10.8. The predicted molar refractivity (Wildman–Crippen MR) is 161 cm³/mol. The van der Waals surface area contributed by atoms with Gasteiger partial charge in [-0.15, -0.1) is 0 Å². The Hall–Kier alpha value is -3.37. The molecule has 3 aromatic rings. The minimum Gasteiger partial charge on any atom is -0.497 e. The van der Waals surface area contributed by atoms with Gasteiger partial charge in [0.05, 0.1) is 17.7 Å². The van der Waals surface area contributed by atoms with E-state index in [1.807, 2.05) is 39.8 Å². The van der Waals surface area contributed by atoms with Gasteiger partial charge in [0.2, 0.25) is 11.8 Å². The molecular formula is C30H36BrN3O5S. The van der Waals surface area contributed by atoms with E-state index in [0.29, 0.717) is 22.3 Å². The summed E-state index contributed by atoms with van der Waals surface area (Å²) in [7, 11) is -2.55. The Labute approximate surface area is 245 Å². The number of methoxy groups -OCH3 is 1. The van der Waals surface area contributed by atoms with E-state index in [9.17, 15) is 18.0 Å². The highest BCUT2D eigenvalue weighted by atomic mass is 79.9. The molecule has 3 rings (SSSR count). The van der Waals surface area contributed by atoms with Crippen molar-refractivity contribution in [3.63, 3.8) is 0 Å². The van der Waals surface area contributed by atoms with E-state index in [1.54, 1.807) is 55.6 Å². The zero-order chi connectivity index (χ0) is 29.4. The van der Waals surface area contributed by atoms with Gasteiger partial charge < -0.3 is 15.0 Å². The maximum Gasteiger partial charge on any atom is 0.264 e. The fourth-order valence-electron chi connectivity index (χ4n) is 4.23. The van der Waals surface area contributed by atoms with Gasteiger partial charge in [-0.1, -0.05) is 58.7 Å². The number of nitrogens with zero attached hydrogens (tertiary/aromatic N) is 2. The molecule has 1 N–H and O–H groups in total. The number of ether oxygens (including phenoxy) is 1. The average molecular weight is 631 g/mol. The van der Waals surface area contributed by atoms with Crippen LogP contribution < -0.4 is 14.4 Å². The lowest BCUT2D eigenvalue weighted by Gasteiger charge is -2.33. The summed E-state index contributed by atoms with van der Waals surface area (Å²) in [6, 6.07) is 19.5. The van der Waals surface area contributed by atoms with Gasteiger partial charge >= 0.3 is 0 Å². The standard InChI is InChI=1S/C30H36BrN3O5S/c1-6-28(30(36)32-21(2)3)33(19-23-12-14-26(39-5)15-13-23)29(35)20-34(25-9-7-8-24(31)18-25)40(37,38)27-16-10-22(4)11-17-27/h7-18,21,28H,6,19-20H2,1-5H3,(H,32,36)/t28-/m1/s1. The minimum atomic E-state index is -4.12. The predicted octanol–water partition coefficient (Wildman–Crippen LogP) is 5.29. The Bertz CT molecular complexity index is 1410. The third-order valence-corrected chi connectivity index (χ3v) is 8.59. The van der Waals surface area contributed by atoms with Crippen LogP contribution in [0.25, 0.3) is 0 Å². The van der Waals surface area contributed by atoms with E-state index in [2.05, 4.69) is 21.2 Å². The first-order valence-electron chi connectivity index (χ1n) is 13.0. The second-order valence-electron chi connectivity index (χ2n) is 9.76. The summed E-state index contributed by atoms with van der Waals surface area (Å²) in [5.41, 5.74) is 2.02. The van der Waals surface area contributed by atoms with Crippen molar-refractivity contribution in [1.29, 1.82) is 0 Å². The SMILES string of the molecule is CC[C@H](C(=O)NC(C)C)N(Cc1ccc(OC)cc1)C(=O)CN(c1cccc(Br)c1)S(=O)(=O)c1ccc(C)cc1. The number of anilines is 1. The van der Waals surface area contributed by atoms with Crippen molar-refractivity contribution >= 4 is 43.5 Å². The molecule has 8 nitrogen and oxygen atoms in total. The normalized spacial score (nSPS) is 12.1. The van der Waals surface area contributed by atoms with Gasteiger partial charge in [0.1, 0.15) is 18.3 Å². The number of halogens is 1. The second kappa shape index (κ2) is 13.8. The Morgan fingerprint density at radius 2 is 1.65 bits per heavy atom. The maximum absolute atomic E-state index is 14.1. The molecule has 0 aliphatic carbocycles. The highest BCUT2D eigenvalue weighted by molar-refractivity contribution is 9.10. The molecule has 0 aliphatic heterocycles. The number of benzene rings is 3. The number of hydrogen-bond donors (Lipinski definition) is 1. The molecule has 0 saturated heterocycles. The lowest BCUT2D eigenvalue weighted by atomic mass is 10.1. The van der Waals surface area contributed by atoms with Gasteiger partial charge in [0, 0.05) is 17.1 Å². The van der Waals surface area contributed by atoms with Crippen LogP contribution in [0, 0.1) is 6.92 Å². The minimum absolute atomic E-state index is 0.0668. The smallest absolute Gasteiger partial charge is 0.264 e. The quantitative estimate of drug-likeness (QED) is 0.294. The Morgan fingerprint density at radius 3 is 2.20 bits per heavy atom. The molecule has 0 spiro atoms. The fraction of sp³-hybridized carbons (Fsp3) is 0.333. The van der Waals surface area contributed by atoms with Gasteiger partial charge in [0.15, 0.2) is 0 Å². The number of sulfonamides is 1. The number of hydrogen-bond acceptors (Lipinski definition) is 5. The zero-order valence-corrected chi connectivity index (χ0v) is 25.8. The number of nitrogens with one attached hydrogen (secondary N) is 1. The molecule has 3 aromatic carbocycles. The van der Waals surface area contributed by atoms with Crippen LogP contribution in [0.5, 0.6) is 5.75 Å². The van der Waals surface area contributed by atoms with Crippen molar-refractivity contribution in [1.82, 2.24) is 10.2 Å². The van der Waals surface area contributed by atoms with Crippen LogP contribution in [0.3, 0.4) is 0 Å². The molecule has 0 saturated carbocycles. The molecule has 10 heteroatoms. The molecule has 214 valence electrons. The van der Waals surface area contributed by atoms with Crippen LogP contribution in [0.15, 0.2) is 82.2 Å². The lowest BCUT2D eigenvalue weighted by molar-refractivity contribution is -0.140.